The number of hydrogen-bond donors (Lipinski definition) is 1. The number of rotatable bonds is 3. The van der Waals surface area contributed by atoms with E-state index in [0.29, 0.717) is 17.5 Å². The third kappa shape index (κ3) is 3.51. The maximum atomic E-state index is 12.6. The molecule has 2 bridgehead atoms. The molecular formula is C24H25N5O3. The minimum atomic E-state index is -0.449. The average molecular weight is 431 g/mol. The van der Waals surface area contributed by atoms with Gasteiger partial charge in [0.25, 0.3) is 17.0 Å². The lowest BCUT2D eigenvalue weighted by Gasteiger charge is -2.43. The lowest BCUT2D eigenvalue weighted by atomic mass is 9.83. The molecule has 2 aliphatic rings. The van der Waals surface area contributed by atoms with Crippen molar-refractivity contribution in [3.05, 3.63) is 86.3 Å². The van der Waals surface area contributed by atoms with E-state index >= 15 is 0 Å². The van der Waals surface area contributed by atoms with E-state index in [0.717, 1.165) is 43.3 Å². The highest BCUT2D eigenvalue weighted by atomic mass is 16.2. The van der Waals surface area contributed by atoms with E-state index in [4.69, 9.17) is 0 Å². The molecule has 5 rings (SSSR count). The first-order valence-electron chi connectivity index (χ1n) is 10.8. The standard InChI is InChI=1S/C24H25N5O3/c1-15-6-8-19(24(32)27(15)2)23(31)26-18-7-9-21(25-11-18)28-12-16-10-17(14-28)20-4-3-5-22(30)29(20)13-16/h3-9,11,16-17H,10,12-14H2,1-2H3,(H,26,31)/t16-,17-/m0/s1. The summed E-state index contributed by atoms with van der Waals surface area (Å²) < 4.78 is 3.37. The summed E-state index contributed by atoms with van der Waals surface area (Å²) in [5.74, 6) is 1.10. The van der Waals surface area contributed by atoms with Gasteiger partial charge in [-0.15, -0.1) is 0 Å². The summed E-state index contributed by atoms with van der Waals surface area (Å²) >= 11 is 0. The van der Waals surface area contributed by atoms with Crippen LogP contribution in [-0.2, 0) is 13.6 Å². The van der Waals surface area contributed by atoms with Gasteiger partial charge in [0.1, 0.15) is 11.4 Å². The molecule has 1 saturated heterocycles. The van der Waals surface area contributed by atoms with Gasteiger partial charge in [-0.2, -0.15) is 0 Å². The molecule has 3 aromatic rings. The van der Waals surface area contributed by atoms with Crippen LogP contribution < -0.4 is 21.3 Å². The van der Waals surface area contributed by atoms with Crippen LogP contribution in [0.5, 0.6) is 0 Å². The number of nitrogens with one attached hydrogen (secondary N) is 1. The van der Waals surface area contributed by atoms with Crippen molar-refractivity contribution in [2.75, 3.05) is 23.3 Å². The number of hydrogen-bond acceptors (Lipinski definition) is 5. The van der Waals surface area contributed by atoms with Gasteiger partial charge in [-0.25, -0.2) is 4.98 Å². The van der Waals surface area contributed by atoms with Gasteiger partial charge >= 0.3 is 0 Å². The fourth-order valence-electron chi connectivity index (χ4n) is 4.83. The van der Waals surface area contributed by atoms with Gasteiger partial charge in [0.15, 0.2) is 0 Å². The van der Waals surface area contributed by atoms with Crippen LogP contribution in [0, 0.1) is 12.8 Å². The summed E-state index contributed by atoms with van der Waals surface area (Å²) in [4.78, 5) is 43.9. The summed E-state index contributed by atoms with van der Waals surface area (Å²) in [6, 6.07) is 12.5. The molecule has 8 nitrogen and oxygen atoms in total. The van der Waals surface area contributed by atoms with E-state index in [9.17, 15) is 14.4 Å². The zero-order chi connectivity index (χ0) is 22.4. The molecule has 0 spiro atoms. The average Bonchev–Trinajstić information content (AvgIpc) is 2.78. The zero-order valence-corrected chi connectivity index (χ0v) is 18.1. The van der Waals surface area contributed by atoms with Crippen molar-refractivity contribution in [3.8, 4) is 0 Å². The van der Waals surface area contributed by atoms with Crippen molar-refractivity contribution in [2.24, 2.45) is 13.0 Å². The SMILES string of the molecule is Cc1ccc(C(=O)Nc2ccc(N3C[C@@H]4C[C@@H](C3)c3cccc(=O)n3C4)nc2)c(=O)n1C. The number of aryl methyl sites for hydroxylation is 1. The Morgan fingerprint density at radius 1 is 1.06 bits per heavy atom. The van der Waals surface area contributed by atoms with E-state index < -0.39 is 5.91 Å². The Kier molecular flexibility index (Phi) is 4.92. The first kappa shape index (κ1) is 20.2. The number of carbonyl (C=O) groups is 1. The normalized spacial score (nSPS) is 19.4. The molecule has 32 heavy (non-hydrogen) atoms. The Balaban J connectivity index is 1.32. The van der Waals surface area contributed by atoms with E-state index in [2.05, 4.69) is 15.2 Å². The minimum absolute atomic E-state index is 0.0762. The molecule has 0 aliphatic carbocycles. The van der Waals surface area contributed by atoms with Gasteiger partial charge in [0.2, 0.25) is 0 Å². The fraction of sp³-hybridized carbons (Fsp3) is 0.333. The van der Waals surface area contributed by atoms with Crippen LogP contribution in [0.1, 0.15) is 34.1 Å². The Morgan fingerprint density at radius 2 is 1.91 bits per heavy atom. The molecular weight excluding hydrogens is 406 g/mol. The number of anilines is 2. The van der Waals surface area contributed by atoms with Crippen LogP contribution in [0.2, 0.25) is 0 Å². The summed E-state index contributed by atoms with van der Waals surface area (Å²) in [6.45, 7) is 4.20. The van der Waals surface area contributed by atoms with Crippen molar-refractivity contribution in [1.82, 2.24) is 14.1 Å². The van der Waals surface area contributed by atoms with Crippen molar-refractivity contribution in [3.63, 3.8) is 0 Å². The van der Waals surface area contributed by atoms with E-state index in [1.165, 1.54) is 4.57 Å². The molecule has 0 saturated carbocycles. The second-order valence-corrected chi connectivity index (χ2v) is 8.71. The topological polar surface area (TPSA) is 89.2 Å². The van der Waals surface area contributed by atoms with E-state index in [1.807, 2.05) is 35.8 Å². The largest absolute Gasteiger partial charge is 0.356 e. The number of piperidine rings is 1. The Bertz CT molecular complexity index is 1310. The number of carbonyl (C=O) groups excluding carboxylic acids is 1. The summed E-state index contributed by atoms with van der Waals surface area (Å²) in [5.41, 5.74) is 2.27. The van der Waals surface area contributed by atoms with Gasteiger partial charge in [-0.1, -0.05) is 6.07 Å². The molecule has 0 aromatic carbocycles. The molecule has 1 fully saturated rings. The fourth-order valence-corrected chi connectivity index (χ4v) is 4.83. The molecule has 5 heterocycles. The molecule has 0 radical (unpaired) electrons. The number of pyridine rings is 3. The second kappa shape index (κ2) is 7.78. The molecule has 3 aromatic heterocycles. The lowest BCUT2D eigenvalue weighted by molar-refractivity contribution is 0.102. The van der Waals surface area contributed by atoms with E-state index in [1.54, 1.807) is 31.4 Å². The van der Waals surface area contributed by atoms with Crippen molar-refractivity contribution < 1.29 is 4.79 Å². The van der Waals surface area contributed by atoms with Gasteiger partial charge in [-0.3, -0.25) is 14.4 Å². The third-order valence-corrected chi connectivity index (χ3v) is 6.61. The Hall–Kier alpha value is -3.68. The number of fused-ring (bicyclic) bond motifs is 4. The third-order valence-electron chi connectivity index (χ3n) is 6.61. The van der Waals surface area contributed by atoms with Gasteiger partial charge in [0.05, 0.1) is 11.9 Å². The highest BCUT2D eigenvalue weighted by Crippen LogP contribution is 2.36. The van der Waals surface area contributed by atoms with Crippen LogP contribution >= 0.6 is 0 Å². The van der Waals surface area contributed by atoms with Gasteiger partial charge in [0, 0.05) is 50.1 Å². The number of aromatic nitrogens is 3. The van der Waals surface area contributed by atoms with Crippen LogP contribution in [0.3, 0.4) is 0 Å². The molecule has 0 unspecified atom stereocenters. The Morgan fingerprint density at radius 3 is 2.69 bits per heavy atom. The second-order valence-electron chi connectivity index (χ2n) is 8.71. The first-order valence-corrected chi connectivity index (χ1v) is 10.8. The van der Waals surface area contributed by atoms with Crippen molar-refractivity contribution in [2.45, 2.75) is 25.8 Å². The van der Waals surface area contributed by atoms with Crippen LogP contribution in [0.25, 0.3) is 0 Å². The zero-order valence-electron chi connectivity index (χ0n) is 18.1. The van der Waals surface area contributed by atoms with Gasteiger partial charge < -0.3 is 19.4 Å². The quantitative estimate of drug-likeness (QED) is 0.686. The monoisotopic (exact) mass is 431 g/mol. The molecule has 8 heteroatoms. The smallest absolute Gasteiger partial charge is 0.263 e. The number of nitrogens with zero attached hydrogens (tertiary/aromatic N) is 4. The summed E-state index contributed by atoms with van der Waals surface area (Å²) in [6.07, 6.45) is 2.70. The highest BCUT2D eigenvalue weighted by Gasteiger charge is 2.34. The molecule has 2 aliphatic heterocycles. The van der Waals surface area contributed by atoms with Crippen molar-refractivity contribution in [1.29, 1.82) is 0 Å². The maximum absolute atomic E-state index is 12.6. The van der Waals surface area contributed by atoms with E-state index in [-0.39, 0.29) is 16.7 Å². The van der Waals surface area contributed by atoms with Crippen LogP contribution in [-0.4, -0.2) is 33.1 Å². The molecule has 2 atom stereocenters. The number of amides is 1. The van der Waals surface area contributed by atoms with Gasteiger partial charge in [-0.05, 0) is 49.6 Å². The first-order chi connectivity index (χ1) is 15.4. The van der Waals surface area contributed by atoms with Crippen LogP contribution in [0.4, 0.5) is 11.5 Å². The lowest BCUT2D eigenvalue weighted by Crippen LogP contribution is -2.47. The Labute approximate surface area is 185 Å². The van der Waals surface area contributed by atoms with Crippen molar-refractivity contribution >= 4 is 17.4 Å². The predicted octanol–water partition coefficient (Wildman–Crippen LogP) is 2.13. The summed E-state index contributed by atoms with van der Waals surface area (Å²) in [5, 5.41) is 2.76. The highest BCUT2D eigenvalue weighted by molar-refractivity contribution is 6.03. The summed E-state index contributed by atoms with van der Waals surface area (Å²) in [7, 11) is 1.65. The minimum Gasteiger partial charge on any atom is -0.356 e. The molecule has 1 N–H and O–H groups in total. The maximum Gasteiger partial charge on any atom is 0.263 e. The predicted molar refractivity (Wildman–Crippen MR) is 122 cm³/mol. The molecule has 1 amide bonds. The van der Waals surface area contributed by atoms with Crippen LogP contribution in [0.15, 0.2) is 58.3 Å². The molecule has 164 valence electrons.